The lowest BCUT2D eigenvalue weighted by Crippen LogP contribution is -2.70. The summed E-state index contributed by atoms with van der Waals surface area (Å²) in [4.78, 5) is 12.0. The van der Waals surface area contributed by atoms with E-state index in [4.69, 9.17) is 0 Å². The van der Waals surface area contributed by atoms with Crippen molar-refractivity contribution in [2.75, 3.05) is 21.1 Å². The van der Waals surface area contributed by atoms with Gasteiger partial charge in [-0.1, -0.05) is 0 Å². The fourth-order valence-corrected chi connectivity index (χ4v) is 1.000. The maximum absolute atomic E-state index is 12.8. The first kappa shape index (κ1) is 27.7. The van der Waals surface area contributed by atoms with Gasteiger partial charge in [-0.2, -0.15) is 57.1 Å². The van der Waals surface area contributed by atoms with Crippen LogP contribution in [0.25, 0.3) is 0 Å². The van der Waals surface area contributed by atoms with Crippen molar-refractivity contribution in [1.29, 1.82) is 0 Å². The number of alkyl halides is 13. The summed E-state index contributed by atoms with van der Waals surface area (Å²) in [5, 5.41) is 0. The molecule has 0 spiro atoms. The molecule has 16 heteroatoms. The summed E-state index contributed by atoms with van der Waals surface area (Å²) in [7, 11) is 6.00. The van der Waals surface area contributed by atoms with Crippen LogP contribution in [0.5, 0.6) is 0 Å². The Balaban J connectivity index is 0. The number of hydrogen-bond acceptors (Lipinski definition) is 3. The molecule has 0 aliphatic carbocycles. The van der Waals surface area contributed by atoms with Crippen molar-refractivity contribution in [2.45, 2.75) is 42.9 Å². The largest absolute Gasteiger partial charge is 0.473 e. The van der Waals surface area contributed by atoms with E-state index in [0.717, 1.165) is 0 Å². The van der Waals surface area contributed by atoms with E-state index in [2.05, 4.69) is 4.74 Å². The van der Waals surface area contributed by atoms with Crippen molar-refractivity contribution in [1.82, 2.24) is 4.90 Å². The summed E-state index contributed by atoms with van der Waals surface area (Å²) in [5.41, 5.74) is 0. The maximum atomic E-state index is 12.8. The van der Waals surface area contributed by atoms with Gasteiger partial charge < -0.3 is 9.64 Å². The third kappa shape index (κ3) is 5.28. The molecule has 0 aromatic rings. The zero-order valence-electron chi connectivity index (χ0n) is 13.7. The van der Waals surface area contributed by atoms with Gasteiger partial charge in [-0.15, -0.1) is 0 Å². The van der Waals surface area contributed by atoms with Crippen LogP contribution in [0.4, 0.5) is 57.1 Å². The lowest BCUT2D eigenvalue weighted by Gasteiger charge is -2.38. The molecule has 0 unspecified atom stereocenters. The van der Waals surface area contributed by atoms with Crippen molar-refractivity contribution < 1.29 is 66.6 Å². The zero-order valence-corrected chi connectivity index (χ0v) is 13.7. The highest BCUT2D eigenvalue weighted by Gasteiger charge is 2.91. The normalized spacial score (nSPS) is 14.6. The average molecular weight is 437 g/mol. The Labute approximate surface area is 143 Å². The third-order valence-corrected chi connectivity index (χ3v) is 2.18. The van der Waals surface area contributed by atoms with Gasteiger partial charge >= 0.3 is 41.9 Å². The van der Waals surface area contributed by atoms with Crippen LogP contribution in [0.1, 0.15) is 6.92 Å². The van der Waals surface area contributed by atoms with Crippen LogP contribution < -0.4 is 0 Å². The van der Waals surface area contributed by atoms with E-state index in [9.17, 15) is 61.9 Å². The lowest BCUT2D eigenvalue weighted by atomic mass is 9.97. The van der Waals surface area contributed by atoms with Crippen LogP contribution >= 0.6 is 0 Å². The second-order valence-corrected chi connectivity index (χ2v) is 5.25. The van der Waals surface area contributed by atoms with Crippen LogP contribution in [0, 0.1) is 0 Å². The molecular weight excluding hydrogens is 425 g/mol. The van der Waals surface area contributed by atoms with E-state index >= 15 is 0 Å². The van der Waals surface area contributed by atoms with Gasteiger partial charge in [0.1, 0.15) is 0 Å². The molecule has 0 rings (SSSR count). The first-order valence-electron chi connectivity index (χ1n) is 6.16. The summed E-state index contributed by atoms with van der Waals surface area (Å²) in [5.74, 6) is -33.8. The quantitative estimate of drug-likeness (QED) is 0.471. The van der Waals surface area contributed by atoms with Crippen LogP contribution in [0.15, 0.2) is 0 Å². The van der Waals surface area contributed by atoms with E-state index in [1.165, 1.54) is 0 Å². The van der Waals surface area contributed by atoms with Gasteiger partial charge in [0.2, 0.25) is 0 Å². The molecule has 0 aliphatic heterocycles. The molecule has 0 heterocycles. The molecule has 164 valence electrons. The molecule has 0 radical (unpaired) electrons. The summed E-state index contributed by atoms with van der Waals surface area (Å²) < 4.78 is 164. The highest BCUT2D eigenvalue weighted by molar-refractivity contribution is 5.66. The fourth-order valence-electron chi connectivity index (χ4n) is 1.000. The highest BCUT2D eigenvalue weighted by atomic mass is 19.4. The zero-order chi connectivity index (χ0) is 22.9. The number of esters is 1. The van der Waals surface area contributed by atoms with E-state index in [-0.39, 0.29) is 6.92 Å². The van der Waals surface area contributed by atoms with Gasteiger partial charge in [0, 0.05) is 6.92 Å². The minimum Gasteiger partial charge on any atom is -0.396 e. The predicted molar refractivity (Wildman–Crippen MR) is 62.2 cm³/mol. The lowest BCUT2D eigenvalue weighted by molar-refractivity contribution is -0.460. The number of carbonyl (C=O) groups is 1. The standard InChI is InChI=1S/C8H3F13O2.C3H9N/c1-2(22)23-8(20,21)6(15,16)4(11,12)3(9,10)5(13,14)7(17,18)19;1-4(2)3/h1H3;1-3H3. The number of rotatable bonds is 5. The molecule has 0 fully saturated rings. The monoisotopic (exact) mass is 437 g/mol. The van der Waals surface area contributed by atoms with Crippen molar-refractivity contribution in [3.05, 3.63) is 0 Å². The van der Waals surface area contributed by atoms with E-state index in [1.54, 1.807) is 0 Å². The third-order valence-electron chi connectivity index (χ3n) is 2.18. The molecule has 0 aromatic heterocycles. The first-order valence-corrected chi connectivity index (χ1v) is 6.16. The second kappa shape index (κ2) is 7.87. The van der Waals surface area contributed by atoms with Crippen LogP contribution in [-0.4, -0.2) is 68.0 Å². The number of hydrogen-bond donors (Lipinski definition) is 0. The molecule has 27 heavy (non-hydrogen) atoms. The van der Waals surface area contributed by atoms with Crippen LogP contribution in [-0.2, 0) is 9.53 Å². The molecule has 0 atom stereocenters. The second-order valence-electron chi connectivity index (χ2n) is 5.25. The maximum Gasteiger partial charge on any atom is 0.473 e. The minimum atomic E-state index is -8.01. The number of halogens is 13. The van der Waals surface area contributed by atoms with Crippen LogP contribution in [0.3, 0.4) is 0 Å². The molecular formula is C11H12F13NO2. The predicted octanol–water partition coefficient (Wildman–Crippen LogP) is 4.42. The Morgan fingerprint density at radius 3 is 1.11 bits per heavy atom. The average Bonchev–Trinajstić information content (AvgIpc) is 2.33. The number of carbonyl (C=O) groups excluding carboxylic acids is 1. The summed E-state index contributed by atoms with van der Waals surface area (Å²) in [6, 6.07) is 0. The van der Waals surface area contributed by atoms with Crippen molar-refractivity contribution in [3.63, 3.8) is 0 Å². The smallest absolute Gasteiger partial charge is 0.396 e. The van der Waals surface area contributed by atoms with Gasteiger partial charge in [-0.3, -0.25) is 4.79 Å². The summed E-state index contributed by atoms with van der Waals surface area (Å²) in [6.45, 7) is -0.0788. The van der Waals surface area contributed by atoms with Gasteiger partial charge in [-0.05, 0) is 21.1 Å². The minimum absolute atomic E-state index is 0.0788. The molecule has 3 nitrogen and oxygen atoms in total. The molecule has 0 aromatic carbocycles. The van der Waals surface area contributed by atoms with Crippen molar-refractivity contribution in [2.24, 2.45) is 0 Å². The van der Waals surface area contributed by atoms with E-state index in [0.29, 0.717) is 0 Å². The molecule has 0 amide bonds. The first-order chi connectivity index (χ1) is 11.4. The summed E-state index contributed by atoms with van der Waals surface area (Å²) >= 11 is 0. The fraction of sp³-hybridized carbons (Fsp3) is 0.909. The molecule has 0 N–H and O–H groups in total. The Kier molecular flexibility index (Phi) is 8.08. The van der Waals surface area contributed by atoms with E-state index < -0.39 is 41.9 Å². The molecule has 0 saturated heterocycles. The topological polar surface area (TPSA) is 29.5 Å². The van der Waals surface area contributed by atoms with Gasteiger partial charge in [-0.25, -0.2) is 0 Å². The van der Waals surface area contributed by atoms with E-state index in [1.807, 2.05) is 26.0 Å². The molecule has 0 bridgehead atoms. The van der Waals surface area contributed by atoms with Gasteiger partial charge in [0.15, 0.2) is 0 Å². The number of ether oxygens (including phenoxy) is 1. The molecule has 0 saturated carbocycles. The highest BCUT2D eigenvalue weighted by Crippen LogP contribution is 2.60. The van der Waals surface area contributed by atoms with Gasteiger partial charge in [0.25, 0.3) is 0 Å². The van der Waals surface area contributed by atoms with Crippen molar-refractivity contribution >= 4 is 5.97 Å². The van der Waals surface area contributed by atoms with Crippen LogP contribution in [0.2, 0.25) is 0 Å². The molecule has 0 aliphatic rings. The Morgan fingerprint density at radius 2 is 0.889 bits per heavy atom. The number of nitrogens with zero attached hydrogens (tertiary/aromatic N) is 1. The van der Waals surface area contributed by atoms with Gasteiger partial charge in [0.05, 0.1) is 0 Å². The SMILES string of the molecule is CC(=O)OC(F)(F)C(F)(F)C(F)(F)C(F)(F)C(F)(F)C(F)(F)F.CN(C)C. The Bertz CT molecular complexity index is 510. The van der Waals surface area contributed by atoms with Crippen molar-refractivity contribution in [3.8, 4) is 0 Å². The Morgan fingerprint density at radius 1 is 0.630 bits per heavy atom. The Hall–Kier alpha value is -1.48. The summed E-state index contributed by atoms with van der Waals surface area (Å²) in [6.07, 6.45) is -14.3.